The topological polar surface area (TPSA) is 41.6 Å². The summed E-state index contributed by atoms with van der Waals surface area (Å²) in [5.74, 6) is 0. The lowest BCUT2D eigenvalue weighted by molar-refractivity contribution is -0.143. The van der Waals surface area contributed by atoms with Crippen molar-refractivity contribution in [2.45, 2.75) is 83.7 Å². The number of anilines is 1. The van der Waals surface area contributed by atoms with E-state index in [4.69, 9.17) is 4.74 Å². The number of hydrogen-bond donors (Lipinski definition) is 1. The van der Waals surface area contributed by atoms with Crippen molar-refractivity contribution in [2.75, 3.05) is 11.4 Å². The second-order valence-electron chi connectivity index (χ2n) is 10.5. The smallest absolute Gasteiger partial charge is 0.416 e. The quantitative estimate of drug-likeness (QED) is 0.366. The van der Waals surface area contributed by atoms with E-state index in [0.29, 0.717) is 12.1 Å². The van der Waals surface area contributed by atoms with Crippen molar-refractivity contribution in [3.8, 4) is 0 Å². The monoisotopic (exact) mass is 584 g/mol. The van der Waals surface area contributed by atoms with E-state index < -0.39 is 59.5 Å². The van der Waals surface area contributed by atoms with Gasteiger partial charge in [-0.3, -0.25) is 4.90 Å². The molecule has 2 aromatic rings. The molecule has 3 rings (SSSR count). The van der Waals surface area contributed by atoms with E-state index in [9.17, 15) is 44.3 Å². The summed E-state index contributed by atoms with van der Waals surface area (Å²) in [4.78, 5) is 14.1. The Balaban J connectivity index is 2.07. The van der Waals surface area contributed by atoms with Gasteiger partial charge in [0.25, 0.3) is 0 Å². The van der Waals surface area contributed by atoms with Crippen LogP contribution in [0.2, 0.25) is 0 Å². The van der Waals surface area contributed by atoms with Crippen LogP contribution in [-0.2, 0) is 36.2 Å². The van der Waals surface area contributed by atoms with Gasteiger partial charge in [-0.05, 0) is 81.0 Å². The van der Waals surface area contributed by atoms with E-state index in [0.717, 1.165) is 11.0 Å². The number of amides is 1. The van der Waals surface area contributed by atoms with Crippen LogP contribution in [0.1, 0.15) is 80.0 Å². The molecule has 40 heavy (non-hydrogen) atoms. The first-order valence-corrected chi connectivity index (χ1v) is 12.5. The molecule has 0 radical (unpaired) electrons. The lowest BCUT2D eigenvalue weighted by atomic mass is 9.94. The second-order valence-corrected chi connectivity index (χ2v) is 10.5. The molecule has 4 nitrogen and oxygen atoms in total. The highest BCUT2D eigenvalue weighted by Gasteiger charge is 2.39. The van der Waals surface area contributed by atoms with Gasteiger partial charge in [0.2, 0.25) is 0 Å². The largest absolute Gasteiger partial charge is 0.443 e. The van der Waals surface area contributed by atoms with Crippen LogP contribution >= 0.6 is 0 Å². The van der Waals surface area contributed by atoms with Crippen LogP contribution in [0.4, 0.5) is 50.0 Å². The molecule has 1 heterocycles. The van der Waals surface area contributed by atoms with E-state index in [1.165, 1.54) is 13.0 Å². The molecule has 1 atom stereocenters. The van der Waals surface area contributed by atoms with Crippen molar-refractivity contribution < 1.29 is 49.0 Å². The lowest BCUT2D eigenvalue weighted by Crippen LogP contribution is -2.37. The third-order valence-corrected chi connectivity index (χ3v) is 6.29. The maximum atomic E-state index is 13.9. The number of alkyl halides is 9. The molecule has 13 heteroatoms. The average Bonchev–Trinajstić information content (AvgIpc) is 2.98. The zero-order valence-corrected chi connectivity index (χ0v) is 22.2. The van der Waals surface area contributed by atoms with Gasteiger partial charge in [-0.1, -0.05) is 13.0 Å². The van der Waals surface area contributed by atoms with Crippen LogP contribution in [0.5, 0.6) is 0 Å². The zero-order chi connectivity index (χ0) is 30.3. The highest BCUT2D eigenvalue weighted by atomic mass is 19.4. The Hall–Kier alpha value is -2.96. The fourth-order valence-corrected chi connectivity index (χ4v) is 4.53. The van der Waals surface area contributed by atoms with E-state index >= 15 is 0 Å². The summed E-state index contributed by atoms with van der Waals surface area (Å²) in [6.45, 7) is 5.86. The highest BCUT2D eigenvalue weighted by Crippen LogP contribution is 2.42. The highest BCUT2D eigenvalue weighted by molar-refractivity contribution is 5.89. The van der Waals surface area contributed by atoms with E-state index in [2.05, 4.69) is 5.32 Å². The molecular formula is C27H29F9N2O2. The minimum Gasteiger partial charge on any atom is -0.443 e. The van der Waals surface area contributed by atoms with Crippen molar-refractivity contribution in [3.63, 3.8) is 0 Å². The van der Waals surface area contributed by atoms with Gasteiger partial charge in [-0.2, -0.15) is 39.5 Å². The Bertz CT molecular complexity index is 1200. The van der Waals surface area contributed by atoms with Gasteiger partial charge >= 0.3 is 24.6 Å². The number of ether oxygens (including phenoxy) is 1. The molecule has 0 saturated heterocycles. The van der Waals surface area contributed by atoms with Crippen molar-refractivity contribution in [1.29, 1.82) is 0 Å². The molecule has 0 aliphatic carbocycles. The van der Waals surface area contributed by atoms with Crippen molar-refractivity contribution in [1.82, 2.24) is 5.32 Å². The Labute approximate surface area is 225 Å². The maximum absolute atomic E-state index is 13.9. The van der Waals surface area contributed by atoms with Gasteiger partial charge < -0.3 is 10.1 Å². The second kappa shape index (κ2) is 11.1. The predicted octanol–water partition coefficient (Wildman–Crippen LogP) is 8.67. The molecule has 1 amide bonds. The van der Waals surface area contributed by atoms with E-state index in [1.807, 2.05) is 0 Å². The first kappa shape index (κ1) is 31.6. The van der Waals surface area contributed by atoms with Crippen LogP contribution in [0.3, 0.4) is 0 Å². The molecule has 222 valence electrons. The minimum atomic E-state index is -5.02. The summed E-state index contributed by atoms with van der Waals surface area (Å²) < 4.78 is 127. The molecule has 0 spiro atoms. The van der Waals surface area contributed by atoms with Crippen molar-refractivity contribution in [3.05, 3.63) is 63.7 Å². The first-order valence-electron chi connectivity index (χ1n) is 12.5. The zero-order valence-electron chi connectivity index (χ0n) is 22.2. The number of carbonyl (C=O) groups is 1. The van der Waals surface area contributed by atoms with Gasteiger partial charge in [0.05, 0.1) is 22.4 Å². The predicted molar refractivity (Wildman–Crippen MR) is 130 cm³/mol. The van der Waals surface area contributed by atoms with Gasteiger partial charge in [0, 0.05) is 19.1 Å². The lowest BCUT2D eigenvalue weighted by Gasteiger charge is -2.29. The SMILES string of the molecule is CCc1cc2c(cc1C(F)(F)F)N(C(=O)OC(C)(C)C)CCCC2NCc1cc(C(F)(F)F)cc(C(F)(F)F)c1. The summed E-state index contributed by atoms with van der Waals surface area (Å²) in [7, 11) is 0. The minimum absolute atomic E-state index is 0.00928. The average molecular weight is 585 g/mol. The summed E-state index contributed by atoms with van der Waals surface area (Å²) >= 11 is 0. The summed E-state index contributed by atoms with van der Waals surface area (Å²) in [6.07, 6.45) is -15.2. The number of halogens is 9. The molecule has 0 aromatic heterocycles. The number of carbonyl (C=O) groups excluding carboxylic acids is 1. The number of rotatable bonds is 4. The molecule has 1 unspecified atom stereocenters. The molecule has 0 fully saturated rings. The van der Waals surface area contributed by atoms with Crippen LogP contribution in [0, 0.1) is 0 Å². The normalized spacial score (nSPS) is 16.9. The van der Waals surface area contributed by atoms with Crippen LogP contribution in [0.15, 0.2) is 30.3 Å². The van der Waals surface area contributed by atoms with E-state index in [1.54, 1.807) is 20.8 Å². The summed E-state index contributed by atoms with van der Waals surface area (Å²) in [5, 5.41) is 2.91. The third kappa shape index (κ3) is 7.61. The summed E-state index contributed by atoms with van der Waals surface area (Å²) in [5.41, 5.74) is -5.04. The van der Waals surface area contributed by atoms with Crippen LogP contribution in [-0.4, -0.2) is 18.2 Å². The number of nitrogens with one attached hydrogen (secondary N) is 1. The molecule has 0 bridgehead atoms. The van der Waals surface area contributed by atoms with Crippen molar-refractivity contribution in [2.24, 2.45) is 0 Å². The molecule has 1 aliphatic heterocycles. The third-order valence-electron chi connectivity index (χ3n) is 6.29. The molecule has 0 saturated carbocycles. The Morgan fingerprint density at radius 3 is 1.95 bits per heavy atom. The van der Waals surface area contributed by atoms with Crippen molar-refractivity contribution >= 4 is 11.8 Å². The Morgan fingerprint density at radius 2 is 1.48 bits per heavy atom. The van der Waals surface area contributed by atoms with Crippen LogP contribution < -0.4 is 10.2 Å². The molecule has 2 aromatic carbocycles. The maximum Gasteiger partial charge on any atom is 0.416 e. The van der Waals surface area contributed by atoms with Gasteiger partial charge in [0.1, 0.15) is 5.60 Å². The van der Waals surface area contributed by atoms with Gasteiger partial charge in [0.15, 0.2) is 0 Å². The number of benzene rings is 2. The number of aryl methyl sites for hydroxylation is 1. The fourth-order valence-electron chi connectivity index (χ4n) is 4.53. The Morgan fingerprint density at radius 1 is 0.900 bits per heavy atom. The van der Waals surface area contributed by atoms with Gasteiger partial charge in [-0.25, -0.2) is 4.79 Å². The molecule has 1 aliphatic rings. The first-order chi connectivity index (χ1) is 18.2. The Kier molecular flexibility index (Phi) is 8.79. The molecule has 1 N–H and O–H groups in total. The van der Waals surface area contributed by atoms with Crippen LogP contribution in [0.25, 0.3) is 0 Å². The summed E-state index contributed by atoms with van der Waals surface area (Å²) in [6, 6.07) is 2.57. The number of hydrogen-bond acceptors (Lipinski definition) is 3. The standard InChI is InChI=1S/C27H29F9N2O2/c1-5-16-11-19-21(37-14-15-9-17(25(28,29)30)12-18(10-15)26(31,32)33)7-6-8-38(23(39)40-24(2,3)4)22(19)13-20(16)27(34,35)36/h9-13,21,37H,5-8,14H2,1-4H3. The number of fused-ring (bicyclic) bond motifs is 1. The van der Waals surface area contributed by atoms with E-state index in [-0.39, 0.29) is 54.3 Å². The fraction of sp³-hybridized carbons (Fsp3) is 0.519. The molecular weight excluding hydrogens is 555 g/mol. The number of nitrogens with zero attached hydrogens (tertiary/aromatic N) is 1. The van der Waals surface area contributed by atoms with Gasteiger partial charge in [-0.15, -0.1) is 0 Å².